The molecule has 2 atom stereocenters. The van der Waals surface area contributed by atoms with Crippen molar-refractivity contribution >= 4 is 11.8 Å². The van der Waals surface area contributed by atoms with E-state index < -0.39 is 6.10 Å². The van der Waals surface area contributed by atoms with E-state index in [1.54, 1.807) is 21.9 Å². The fraction of sp³-hybridized carbons (Fsp3) is 0.500. The van der Waals surface area contributed by atoms with Crippen molar-refractivity contribution in [2.24, 2.45) is 5.92 Å². The Balaban J connectivity index is 1.58. The van der Waals surface area contributed by atoms with E-state index in [0.717, 1.165) is 12.0 Å². The number of carbonyl (C=O) groups is 2. The molecule has 0 bridgehead atoms. The van der Waals surface area contributed by atoms with Crippen LogP contribution in [0.3, 0.4) is 0 Å². The van der Waals surface area contributed by atoms with E-state index in [4.69, 9.17) is 10.00 Å². The molecule has 0 N–H and O–H groups in total. The monoisotopic (exact) mass is 327 g/mol. The Labute approximate surface area is 141 Å². The van der Waals surface area contributed by atoms with Crippen LogP contribution >= 0.6 is 0 Å². The Morgan fingerprint density at radius 1 is 1.33 bits per heavy atom. The zero-order valence-electron chi connectivity index (χ0n) is 13.8. The summed E-state index contributed by atoms with van der Waals surface area (Å²) >= 11 is 0. The standard InChI is InChI=1S/C18H21N3O3/c1-13-6-9-24-17(13)18(23)21-8-7-20(16(22)12-21)11-15-4-2-14(10-19)3-5-15/h2-5,13,17H,6-9,11-12H2,1H3/t13-,17+/m1/s1. The van der Waals surface area contributed by atoms with Crippen molar-refractivity contribution in [1.29, 1.82) is 5.26 Å². The number of piperazine rings is 1. The maximum atomic E-state index is 12.5. The number of benzene rings is 1. The van der Waals surface area contributed by atoms with Crippen molar-refractivity contribution in [2.45, 2.75) is 26.0 Å². The predicted octanol–water partition coefficient (Wildman–Crippen LogP) is 1.15. The molecule has 24 heavy (non-hydrogen) atoms. The molecule has 0 aliphatic carbocycles. The van der Waals surface area contributed by atoms with Gasteiger partial charge in [-0.3, -0.25) is 9.59 Å². The van der Waals surface area contributed by atoms with E-state index in [-0.39, 0.29) is 24.3 Å². The number of rotatable bonds is 3. The number of nitriles is 1. The lowest BCUT2D eigenvalue weighted by Gasteiger charge is -2.35. The summed E-state index contributed by atoms with van der Waals surface area (Å²) in [6.45, 7) is 4.30. The van der Waals surface area contributed by atoms with Crippen LogP contribution in [0.5, 0.6) is 0 Å². The number of hydrogen-bond acceptors (Lipinski definition) is 4. The normalized spacial score (nSPS) is 24.1. The first-order valence-electron chi connectivity index (χ1n) is 8.25. The maximum Gasteiger partial charge on any atom is 0.252 e. The fourth-order valence-corrected chi connectivity index (χ4v) is 3.16. The zero-order valence-corrected chi connectivity index (χ0v) is 13.8. The molecule has 0 radical (unpaired) electrons. The Morgan fingerprint density at radius 3 is 2.67 bits per heavy atom. The van der Waals surface area contributed by atoms with E-state index >= 15 is 0 Å². The van der Waals surface area contributed by atoms with Crippen LogP contribution in [0.2, 0.25) is 0 Å². The van der Waals surface area contributed by atoms with E-state index in [0.29, 0.717) is 31.8 Å². The van der Waals surface area contributed by atoms with Crippen LogP contribution in [0.25, 0.3) is 0 Å². The average Bonchev–Trinajstić information content (AvgIpc) is 3.02. The third kappa shape index (κ3) is 3.41. The molecule has 2 heterocycles. The molecular weight excluding hydrogens is 306 g/mol. The summed E-state index contributed by atoms with van der Waals surface area (Å²) < 4.78 is 5.52. The highest BCUT2D eigenvalue weighted by Gasteiger charge is 2.36. The van der Waals surface area contributed by atoms with Gasteiger partial charge in [0.15, 0.2) is 0 Å². The van der Waals surface area contributed by atoms with Gasteiger partial charge in [0.25, 0.3) is 5.91 Å². The summed E-state index contributed by atoms with van der Waals surface area (Å²) in [5.74, 6) is 0.0975. The lowest BCUT2D eigenvalue weighted by atomic mass is 10.0. The Hall–Kier alpha value is -2.39. The molecule has 2 aliphatic heterocycles. The number of carbonyl (C=O) groups excluding carboxylic acids is 2. The van der Waals surface area contributed by atoms with Gasteiger partial charge in [0.2, 0.25) is 5.91 Å². The summed E-state index contributed by atoms with van der Waals surface area (Å²) in [7, 11) is 0. The lowest BCUT2D eigenvalue weighted by Crippen LogP contribution is -2.54. The van der Waals surface area contributed by atoms with Crippen LogP contribution in [0.15, 0.2) is 24.3 Å². The van der Waals surface area contributed by atoms with Crippen LogP contribution in [0, 0.1) is 17.2 Å². The molecule has 2 amide bonds. The first-order valence-corrected chi connectivity index (χ1v) is 8.25. The molecule has 2 fully saturated rings. The van der Waals surface area contributed by atoms with E-state index in [2.05, 4.69) is 6.07 Å². The molecule has 3 rings (SSSR count). The molecule has 0 spiro atoms. The Morgan fingerprint density at radius 2 is 2.08 bits per heavy atom. The second kappa shape index (κ2) is 7.02. The highest BCUT2D eigenvalue weighted by molar-refractivity contribution is 5.88. The summed E-state index contributed by atoms with van der Waals surface area (Å²) in [4.78, 5) is 28.2. The van der Waals surface area contributed by atoms with Gasteiger partial charge in [0.05, 0.1) is 18.2 Å². The topological polar surface area (TPSA) is 73.6 Å². The lowest BCUT2D eigenvalue weighted by molar-refractivity contribution is -0.152. The van der Waals surface area contributed by atoms with Crippen LogP contribution < -0.4 is 0 Å². The SMILES string of the molecule is C[C@@H]1CCO[C@@H]1C(=O)N1CCN(Cc2ccc(C#N)cc2)C(=O)C1. The Kier molecular flexibility index (Phi) is 4.81. The molecule has 1 aromatic rings. The van der Waals surface area contributed by atoms with Crippen LogP contribution in [-0.4, -0.2) is 54.0 Å². The fourth-order valence-electron chi connectivity index (χ4n) is 3.16. The Bertz CT molecular complexity index is 665. The van der Waals surface area contributed by atoms with Crippen molar-refractivity contribution in [1.82, 2.24) is 9.80 Å². The highest BCUT2D eigenvalue weighted by Crippen LogP contribution is 2.23. The average molecular weight is 327 g/mol. The number of amides is 2. The summed E-state index contributed by atoms with van der Waals surface area (Å²) in [6.07, 6.45) is 0.492. The van der Waals surface area contributed by atoms with Crippen LogP contribution in [0.4, 0.5) is 0 Å². The van der Waals surface area contributed by atoms with Crippen molar-refractivity contribution < 1.29 is 14.3 Å². The number of hydrogen-bond donors (Lipinski definition) is 0. The van der Waals surface area contributed by atoms with Crippen molar-refractivity contribution in [3.8, 4) is 6.07 Å². The van der Waals surface area contributed by atoms with E-state index in [9.17, 15) is 9.59 Å². The van der Waals surface area contributed by atoms with Gasteiger partial charge >= 0.3 is 0 Å². The third-order valence-electron chi connectivity index (χ3n) is 4.72. The first kappa shape index (κ1) is 16.5. The predicted molar refractivity (Wildman–Crippen MR) is 86.7 cm³/mol. The van der Waals surface area contributed by atoms with Crippen LogP contribution in [-0.2, 0) is 20.9 Å². The smallest absolute Gasteiger partial charge is 0.252 e. The molecule has 126 valence electrons. The van der Waals surface area contributed by atoms with Crippen molar-refractivity contribution in [3.63, 3.8) is 0 Å². The molecule has 6 nitrogen and oxygen atoms in total. The van der Waals surface area contributed by atoms with Gasteiger partial charge < -0.3 is 14.5 Å². The van der Waals surface area contributed by atoms with Gasteiger partial charge in [-0.05, 0) is 30.0 Å². The quantitative estimate of drug-likeness (QED) is 0.835. The zero-order chi connectivity index (χ0) is 17.1. The van der Waals surface area contributed by atoms with Gasteiger partial charge in [0.1, 0.15) is 6.10 Å². The molecule has 1 aromatic carbocycles. The molecule has 0 saturated carbocycles. The second-order valence-corrected chi connectivity index (χ2v) is 6.44. The minimum atomic E-state index is -0.400. The maximum absolute atomic E-state index is 12.5. The molecule has 0 unspecified atom stereocenters. The minimum absolute atomic E-state index is 0.0513. The van der Waals surface area contributed by atoms with Crippen LogP contribution in [0.1, 0.15) is 24.5 Å². The van der Waals surface area contributed by atoms with E-state index in [1.807, 2.05) is 19.1 Å². The third-order valence-corrected chi connectivity index (χ3v) is 4.72. The molecular formula is C18H21N3O3. The van der Waals surface area contributed by atoms with Crippen molar-refractivity contribution in [3.05, 3.63) is 35.4 Å². The van der Waals surface area contributed by atoms with Gasteiger partial charge in [-0.1, -0.05) is 19.1 Å². The highest BCUT2D eigenvalue weighted by atomic mass is 16.5. The largest absolute Gasteiger partial charge is 0.368 e. The first-order chi connectivity index (χ1) is 11.6. The van der Waals surface area contributed by atoms with Gasteiger partial charge in [-0.2, -0.15) is 5.26 Å². The van der Waals surface area contributed by atoms with Crippen molar-refractivity contribution in [2.75, 3.05) is 26.2 Å². The minimum Gasteiger partial charge on any atom is -0.368 e. The van der Waals surface area contributed by atoms with Gasteiger partial charge in [-0.15, -0.1) is 0 Å². The number of nitrogens with zero attached hydrogens (tertiary/aromatic N) is 3. The summed E-state index contributed by atoms with van der Waals surface area (Å²) in [5, 5.41) is 8.82. The van der Waals surface area contributed by atoms with Gasteiger partial charge in [-0.25, -0.2) is 0 Å². The molecule has 0 aromatic heterocycles. The molecule has 6 heteroatoms. The summed E-state index contributed by atoms with van der Waals surface area (Å²) in [6, 6.07) is 9.29. The number of ether oxygens (including phenoxy) is 1. The molecule has 2 saturated heterocycles. The van der Waals surface area contributed by atoms with Gasteiger partial charge in [0, 0.05) is 26.2 Å². The van der Waals surface area contributed by atoms with E-state index in [1.165, 1.54) is 0 Å². The second-order valence-electron chi connectivity index (χ2n) is 6.44. The summed E-state index contributed by atoms with van der Waals surface area (Å²) in [5.41, 5.74) is 1.58. The molecule has 2 aliphatic rings.